The number of carboxylic acid groups (broad SMARTS) is 1. The normalized spacial score (nSPS) is 18.2. The zero-order chi connectivity index (χ0) is 8.43. The van der Waals surface area contributed by atoms with Crippen LogP contribution in [0.25, 0.3) is 0 Å². The second kappa shape index (κ2) is 3.28. The fourth-order valence-electron chi connectivity index (χ4n) is 0.849. The Labute approximate surface area is 74.1 Å². The fraction of sp³-hybridized carbons (Fsp3) is 0.286. The van der Waals surface area contributed by atoms with Crippen LogP contribution in [0.4, 0.5) is 0 Å². The van der Waals surface area contributed by atoms with Gasteiger partial charge < -0.3 is 5.11 Å². The average molecular weight is 193 g/mol. The van der Waals surface area contributed by atoms with Crippen LogP contribution in [-0.4, -0.2) is 11.1 Å². The van der Waals surface area contributed by atoms with E-state index in [0.29, 0.717) is 22.9 Å². The first-order valence-corrected chi connectivity index (χ1v) is 3.85. The molecule has 0 saturated heterocycles. The molecular formula is C7H6Cl2O2. The lowest BCUT2D eigenvalue weighted by Gasteiger charge is -2.08. The van der Waals surface area contributed by atoms with Crippen LogP contribution in [0.1, 0.15) is 12.8 Å². The van der Waals surface area contributed by atoms with E-state index >= 15 is 0 Å². The molecule has 1 aliphatic carbocycles. The van der Waals surface area contributed by atoms with E-state index in [1.165, 1.54) is 6.08 Å². The molecule has 0 unspecified atom stereocenters. The van der Waals surface area contributed by atoms with Crippen molar-refractivity contribution in [1.29, 1.82) is 0 Å². The maximum atomic E-state index is 10.5. The van der Waals surface area contributed by atoms with Crippen LogP contribution in [-0.2, 0) is 4.79 Å². The van der Waals surface area contributed by atoms with Gasteiger partial charge in [-0.05, 0) is 18.9 Å². The lowest BCUT2D eigenvalue weighted by atomic mass is 10.1. The van der Waals surface area contributed by atoms with Crippen molar-refractivity contribution >= 4 is 29.2 Å². The molecule has 0 aromatic heterocycles. The van der Waals surface area contributed by atoms with Crippen molar-refractivity contribution in [2.24, 2.45) is 0 Å². The second-order valence-electron chi connectivity index (χ2n) is 2.21. The highest BCUT2D eigenvalue weighted by Gasteiger charge is 2.15. The molecule has 1 aliphatic rings. The summed E-state index contributed by atoms with van der Waals surface area (Å²) in [5.74, 6) is -1.02. The number of halogens is 2. The van der Waals surface area contributed by atoms with E-state index in [2.05, 4.69) is 0 Å². The minimum Gasteiger partial charge on any atom is -0.478 e. The van der Waals surface area contributed by atoms with Crippen LogP contribution in [0.3, 0.4) is 0 Å². The van der Waals surface area contributed by atoms with Crippen LogP contribution in [0.2, 0.25) is 0 Å². The molecule has 60 valence electrons. The van der Waals surface area contributed by atoms with Crippen molar-refractivity contribution in [3.05, 3.63) is 21.7 Å². The Hall–Kier alpha value is -0.470. The summed E-state index contributed by atoms with van der Waals surface area (Å²) < 4.78 is 0. The van der Waals surface area contributed by atoms with Crippen molar-refractivity contribution in [1.82, 2.24) is 0 Å². The van der Waals surface area contributed by atoms with E-state index in [-0.39, 0.29) is 5.57 Å². The highest BCUT2D eigenvalue weighted by atomic mass is 35.5. The topological polar surface area (TPSA) is 37.3 Å². The van der Waals surface area contributed by atoms with Crippen LogP contribution in [0, 0.1) is 0 Å². The van der Waals surface area contributed by atoms with Crippen molar-refractivity contribution in [2.75, 3.05) is 0 Å². The van der Waals surface area contributed by atoms with Gasteiger partial charge in [-0.3, -0.25) is 0 Å². The van der Waals surface area contributed by atoms with Gasteiger partial charge in [-0.15, -0.1) is 0 Å². The van der Waals surface area contributed by atoms with Crippen LogP contribution in [0.5, 0.6) is 0 Å². The number of aliphatic carboxylic acids is 1. The Morgan fingerprint density at radius 3 is 2.55 bits per heavy atom. The molecule has 0 aliphatic heterocycles. The van der Waals surface area contributed by atoms with Gasteiger partial charge in [0, 0.05) is 10.1 Å². The van der Waals surface area contributed by atoms with E-state index in [9.17, 15) is 4.79 Å². The first kappa shape index (κ1) is 8.62. The lowest BCUT2D eigenvalue weighted by Crippen LogP contribution is -2.03. The van der Waals surface area contributed by atoms with Crippen LogP contribution in [0.15, 0.2) is 21.7 Å². The standard InChI is InChI=1S/C7H6Cl2O2/c8-4-1-2-6(9)5(3-4)7(10)11/h3H,1-2H2,(H,10,11). The molecule has 0 atom stereocenters. The molecular weight excluding hydrogens is 187 g/mol. The molecule has 0 fully saturated rings. The van der Waals surface area contributed by atoms with Gasteiger partial charge in [0.1, 0.15) is 0 Å². The van der Waals surface area contributed by atoms with Crippen molar-refractivity contribution in [2.45, 2.75) is 12.8 Å². The number of carboxylic acids is 1. The molecule has 0 radical (unpaired) electrons. The molecule has 0 saturated carbocycles. The number of hydrogen-bond donors (Lipinski definition) is 1. The van der Waals surface area contributed by atoms with E-state index in [1.807, 2.05) is 0 Å². The Kier molecular flexibility index (Phi) is 2.58. The van der Waals surface area contributed by atoms with Crippen LogP contribution < -0.4 is 0 Å². The highest BCUT2D eigenvalue weighted by molar-refractivity contribution is 6.34. The maximum Gasteiger partial charge on any atom is 0.336 e. The maximum absolute atomic E-state index is 10.5. The quantitative estimate of drug-likeness (QED) is 0.694. The fourth-order valence-corrected chi connectivity index (χ4v) is 1.28. The number of carbonyl (C=O) groups is 1. The monoisotopic (exact) mass is 192 g/mol. The minimum absolute atomic E-state index is 0.114. The van der Waals surface area contributed by atoms with Gasteiger partial charge in [0.2, 0.25) is 0 Å². The number of rotatable bonds is 1. The lowest BCUT2D eigenvalue weighted by molar-refractivity contribution is -0.132. The summed E-state index contributed by atoms with van der Waals surface area (Å²) in [7, 11) is 0. The van der Waals surface area contributed by atoms with Gasteiger partial charge in [-0.2, -0.15) is 0 Å². The SMILES string of the molecule is O=C(O)C1=C(Cl)CCC(Cl)=C1. The van der Waals surface area contributed by atoms with Gasteiger partial charge in [-0.1, -0.05) is 23.2 Å². The van der Waals surface area contributed by atoms with E-state index in [0.717, 1.165) is 0 Å². The summed E-state index contributed by atoms with van der Waals surface area (Å²) in [5, 5.41) is 9.51. The third kappa shape index (κ3) is 1.98. The largest absolute Gasteiger partial charge is 0.478 e. The van der Waals surface area contributed by atoms with Gasteiger partial charge in [0.15, 0.2) is 0 Å². The number of allylic oxidation sites excluding steroid dienone is 2. The van der Waals surface area contributed by atoms with Crippen LogP contribution >= 0.6 is 23.2 Å². The zero-order valence-electron chi connectivity index (χ0n) is 5.60. The zero-order valence-corrected chi connectivity index (χ0v) is 7.11. The first-order chi connectivity index (χ1) is 5.11. The Bertz CT molecular complexity index is 253. The van der Waals surface area contributed by atoms with E-state index in [1.54, 1.807) is 0 Å². The predicted molar refractivity (Wildman–Crippen MR) is 43.7 cm³/mol. The van der Waals surface area contributed by atoms with E-state index in [4.69, 9.17) is 28.3 Å². The molecule has 2 nitrogen and oxygen atoms in total. The smallest absolute Gasteiger partial charge is 0.336 e. The van der Waals surface area contributed by atoms with E-state index < -0.39 is 5.97 Å². The summed E-state index contributed by atoms with van der Waals surface area (Å²) in [6.45, 7) is 0. The molecule has 0 spiro atoms. The molecule has 11 heavy (non-hydrogen) atoms. The molecule has 0 aromatic rings. The summed E-state index contributed by atoms with van der Waals surface area (Å²) in [5.41, 5.74) is 0.114. The predicted octanol–water partition coefficient (Wildman–Crippen LogP) is 2.48. The Morgan fingerprint density at radius 1 is 1.45 bits per heavy atom. The molecule has 0 bridgehead atoms. The molecule has 1 N–H and O–H groups in total. The molecule has 4 heteroatoms. The summed E-state index contributed by atoms with van der Waals surface area (Å²) in [6, 6.07) is 0. The van der Waals surface area contributed by atoms with Gasteiger partial charge in [-0.25, -0.2) is 4.79 Å². The number of hydrogen-bond acceptors (Lipinski definition) is 1. The highest BCUT2D eigenvalue weighted by Crippen LogP contribution is 2.28. The van der Waals surface area contributed by atoms with Gasteiger partial charge >= 0.3 is 5.97 Å². The third-order valence-electron chi connectivity index (χ3n) is 1.41. The van der Waals surface area contributed by atoms with Crippen molar-refractivity contribution < 1.29 is 9.90 Å². The van der Waals surface area contributed by atoms with Gasteiger partial charge in [0.25, 0.3) is 0 Å². The molecule has 0 heterocycles. The Morgan fingerprint density at radius 2 is 2.09 bits per heavy atom. The summed E-state index contributed by atoms with van der Waals surface area (Å²) in [6.07, 6.45) is 2.56. The Balaban J connectivity index is 2.98. The summed E-state index contributed by atoms with van der Waals surface area (Å²) >= 11 is 11.3. The molecule has 1 rings (SSSR count). The first-order valence-electron chi connectivity index (χ1n) is 3.09. The van der Waals surface area contributed by atoms with Gasteiger partial charge in [0.05, 0.1) is 5.57 Å². The second-order valence-corrected chi connectivity index (χ2v) is 3.16. The third-order valence-corrected chi connectivity index (χ3v) is 2.10. The van der Waals surface area contributed by atoms with Crippen molar-refractivity contribution in [3.8, 4) is 0 Å². The average Bonchev–Trinajstić information content (AvgIpc) is 1.94. The molecule has 0 aromatic carbocycles. The summed E-state index contributed by atoms with van der Waals surface area (Å²) in [4.78, 5) is 10.5. The minimum atomic E-state index is -1.02. The molecule has 0 amide bonds. The van der Waals surface area contributed by atoms with Crippen molar-refractivity contribution in [3.63, 3.8) is 0 Å².